The summed E-state index contributed by atoms with van der Waals surface area (Å²) in [6.45, 7) is 7.71. The lowest BCUT2D eigenvalue weighted by atomic mass is 10.1. The predicted octanol–water partition coefficient (Wildman–Crippen LogP) is 5.06. The van der Waals surface area contributed by atoms with Gasteiger partial charge in [0, 0.05) is 38.4 Å². The van der Waals surface area contributed by atoms with E-state index in [1.807, 2.05) is 17.0 Å². The van der Waals surface area contributed by atoms with Gasteiger partial charge in [0.1, 0.15) is 0 Å². The van der Waals surface area contributed by atoms with E-state index in [1.165, 1.54) is 5.56 Å². The predicted molar refractivity (Wildman–Crippen MR) is 119 cm³/mol. The molecule has 1 aliphatic heterocycles. The molecule has 1 fully saturated rings. The molecule has 5 nitrogen and oxygen atoms in total. The highest BCUT2D eigenvalue weighted by Gasteiger charge is 2.17. The SMILES string of the molecule is Cc1ccccc1CN(CCCN1CCOCC1)C(=O)Nc1ccc(Cl)c(Cl)c1. The van der Waals surface area contributed by atoms with Gasteiger partial charge in [-0.15, -0.1) is 0 Å². The topological polar surface area (TPSA) is 44.8 Å². The third-order valence-corrected chi connectivity index (χ3v) is 5.83. The zero-order chi connectivity index (χ0) is 20.6. The smallest absolute Gasteiger partial charge is 0.322 e. The number of amides is 2. The van der Waals surface area contributed by atoms with Crippen molar-refractivity contribution in [2.24, 2.45) is 0 Å². The summed E-state index contributed by atoms with van der Waals surface area (Å²) in [6.07, 6.45) is 0.903. The molecule has 0 spiro atoms. The number of halogens is 2. The number of morpholine rings is 1. The first-order chi connectivity index (χ1) is 14.0. The van der Waals surface area contributed by atoms with E-state index in [0.717, 1.165) is 44.8 Å². The Morgan fingerprint density at radius 3 is 2.62 bits per heavy atom. The molecule has 156 valence electrons. The number of nitrogens with one attached hydrogen (secondary N) is 1. The van der Waals surface area contributed by atoms with Crippen LogP contribution in [0, 0.1) is 6.92 Å². The first kappa shape index (κ1) is 21.9. The van der Waals surface area contributed by atoms with Crippen LogP contribution in [0.5, 0.6) is 0 Å². The molecule has 0 saturated carbocycles. The Labute approximate surface area is 182 Å². The van der Waals surface area contributed by atoms with E-state index >= 15 is 0 Å². The van der Waals surface area contributed by atoms with E-state index in [2.05, 4.69) is 29.3 Å². The third-order valence-electron chi connectivity index (χ3n) is 5.09. The molecule has 0 unspecified atom stereocenters. The van der Waals surface area contributed by atoms with Crippen LogP contribution >= 0.6 is 23.2 Å². The fourth-order valence-electron chi connectivity index (χ4n) is 3.33. The lowest BCUT2D eigenvalue weighted by Crippen LogP contribution is -2.40. The van der Waals surface area contributed by atoms with Crippen molar-refractivity contribution in [3.8, 4) is 0 Å². The summed E-state index contributed by atoms with van der Waals surface area (Å²) < 4.78 is 5.41. The first-order valence-corrected chi connectivity index (χ1v) is 10.6. The number of ether oxygens (including phenoxy) is 1. The molecule has 2 amide bonds. The summed E-state index contributed by atoms with van der Waals surface area (Å²) in [5.74, 6) is 0. The van der Waals surface area contributed by atoms with Crippen molar-refractivity contribution >= 4 is 34.9 Å². The van der Waals surface area contributed by atoms with Gasteiger partial charge in [0.15, 0.2) is 0 Å². The summed E-state index contributed by atoms with van der Waals surface area (Å²) in [6, 6.07) is 13.1. The molecular formula is C22H27Cl2N3O2. The summed E-state index contributed by atoms with van der Waals surface area (Å²) in [5, 5.41) is 3.83. The number of anilines is 1. The largest absolute Gasteiger partial charge is 0.379 e. The van der Waals surface area contributed by atoms with Gasteiger partial charge < -0.3 is 15.0 Å². The highest BCUT2D eigenvalue weighted by atomic mass is 35.5. The Morgan fingerprint density at radius 1 is 1.14 bits per heavy atom. The molecule has 2 aromatic rings. The van der Waals surface area contributed by atoms with Gasteiger partial charge >= 0.3 is 6.03 Å². The maximum Gasteiger partial charge on any atom is 0.322 e. The molecular weight excluding hydrogens is 409 g/mol. The van der Waals surface area contributed by atoms with Gasteiger partial charge in [0.25, 0.3) is 0 Å². The van der Waals surface area contributed by atoms with E-state index in [-0.39, 0.29) is 6.03 Å². The highest BCUT2D eigenvalue weighted by Crippen LogP contribution is 2.25. The molecule has 0 radical (unpaired) electrons. The number of hydrogen-bond donors (Lipinski definition) is 1. The number of urea groups is 1. The minimum atomic E-state index is -0.145. The van der Waals surface area contributed by atoms with Crippen LogP contribution in [-0.2, 0) is 11.3 Å². The van der Waals surface area contributed by atoms with Gasteiger partial charge in [-0.25, -0.2) is 4.79 Å². The molecule has 7 heteroatoms. The monoisotopic (exact) mass is 435 g/mol. The second-order valence-electron chi connectivity index (χ2n) is 7.21. The van der Waals surface area contributed by atoms with Crippen LogP contribution in [0.4, 0.5) is 10.5 Å². The van der Waals surface area contributed by atoms with Gasteiger partial charge in [0.2, 0.25) is 0 Å². The number of carbonyl (C=O) groups is 1. The minimum Gasteiger partial charge on any atom is -0.379 e. The van der Waals surface area contributed by atoms with Crippen LogP contribution in [-0.4, -0.2) is 55.2 Å². The van der Waals surface area contributed by atoms with Gasteiger partial charge in [-0.1, -0.05) is 47.5 Å². The zero-order valence-corrected chi connectivity index (χ0v) is 18.2. The normalized spacial score (nSPS) is 14.6. The van der Waals surface area contributed by atoms with Gasteiger partial charge in [-0.3, -0.25) is 4.90 Å². The average Bonchev–Trinajstić information content (AvgIpc) is 2.72. The Hall–Kier alpha value is -1.79. The molecule has 1 saturated heterocycles. The Kier molecular flexibility index (Phi) is 8.19. The van der Waals surface area contributed by atoms with Gasteiger partial charge in [0.05, 0.1) is 23.3 Å². The van der Waals surface area contributed by atoms with Crippen LogP contribution in [0.25, 0.3) is 0 Å². The van der Waals surface area contributed by atoms with Gasteiger partial charge in [-0.05, 0) is 42.7 Å². The van der Waals surface area contributed by atoms with Crippen LogP contribution in [0.3, 0.4) is 0 Å². The van der Waals surface area contributed by atoms with E-state index in [4.69, 9.17) is 27.9 Å². The van der Waals surface area contributed by atoms with E-state index in [9.17, 15) is 4.79 Å². The van der Waals surface area contributed by atoms with Crippen molar-refractivity contribution in [3.05, 3.63) is 63.6 Å². The lowest BCUT2D eigenvalue weighted by Gasteiger charge is -2.28. The Balaban J connectivity index is 1.65. The van der Waals surface area contributed by atoms with Crippen molar-refractivity contribution in [3.63, 3.8) is 0 Å². The Morgan fingerprint density at radius 2 is 1.90 bits per heavy atom. The van der Waals surface area contributed by atoms with Crippen LogP contribution < -0.4 is 5.32 Å². The molecule has 0 aromatic heterocycles. The maximum atomic E-state index is 13.0. The summed E-state index contributed by atoms with van der Waals surface area (Å²) >= 11 is 12.1. The van der Waals surface area contributed by atoms with E-state index < -0.39 is 0 Å². The van der Waals surface area contributed by atoms with Crippen LogP contribution in [0.1, 0.15) is 17.5 Å². The number of aryl methyl sites for hydroxylation is 1. The van der Waals surface area contributed by atoms with Crippen molar-refractivity contribution < 1.29 is 9.53 Å². The molecule has 29 heavy (non-hydrogen) atoms. The molecule has 1 N–H and O–H groups in total. The quantitative estimate of drug-likeness (QED) is 0.660. The maximum absolute atomic E-state index is 13.0. The fraction of sp³-hybridized carbons (Fsp3) is 0.409. The second-order valence-corrected chi connectivity index (χ2v) is 8.03. The van der Waals surface area contributed by atoms with Crippen LogP contribution in [0.2, 0.25) is 10.0 Å². The lowest BCUT2D eigenvalue weighted by molar-refractivity contribution is 0.0365. The molecule has 1 heterocycles. The first-order valence-electron chi connectivity index (χ1n) is 9.88. The van der Waals surface area contributed by atoms with Crippen molar-refractivity contribution in [2.75, 3.05) is 44.7 Å². The van der Waals surface area contributed by atoms with Crippen molar-refractivity contribution in [1.29, 1.82) is 0 Å². The minimum absolute atomic E-state index is 0.145. The second kappa shape index (κ2) is 10.8. The van der Waals surface area contributed by atoms with Crippen LogP contribution in [0.15, 0.2) is 42.5 Å². The number of benzene rings is 2. The summed E-state index contributed by atoms with van der Waals surface area (Å²) in [4.78, 5) is 17.2. The molecule has 3 rings (SSSR count). The van der Waals surface area contributed by atoms with Crippen molar-refractivity contribution in [1.82, 2.24) is 9.80 Å². The molecule has 0 bridgehead atoms. The number of rotatable bonds is 7. The van der Waals surface area contributed by atoms with E-state index in [1.54, 1.807) is 18.2 Å². The third kappa shape index (κ3) is 6.61. The average molecular weight is 436 g/mol. The number of carbonyl (C=O) groups excluding carboxylic acids is 1. The highest BCUT2D eigenvalue weighted by molar-refractivity contribution is 6.42. The number of nitrogens with zero attached hydrogens (tertiary/aromatic N) is 2. The molecule has 1 aliphatic rings. The number of hydrogen-bond acceptors (Lipinski definition) is 3. The summed E-state index contributed by atoms with van der Waals surface area (Å²) in [7, 11) is 0. The Bertz CT molecular complexity index is 825. The van der Waals surface area contributed by atoms with E-state index in [0.29, 0.717) is 28.8 Å². The molecule has 0 atom stereocenters. The molecule has 0 aliphatic carbocycles. The van der Waals surface area contributed by atoms with Crippen molar-refractivity contribution in [2.45, 2.75) is 19.9 Å². The fourth-order valence-corrected chi connectivity index (χ4v) is 3.63. The standard InChI is InChI=1S/C22H27Cl2N3O2/c1-17-5-2-3-6-18(17)16-27(10-4-9-26-11-13-29-14-12-26)22(28)25-19-7-8-20(23)21(24)15-19/h2-3,5-8,15H,4,9-14,16H2,1H3,(H,25,28). The molecule has 2 aromatic carbocycles. The zero-order valence-electron chi connectivity index (χ0n) is 16.7. The van der Waals surface area contributed by atoms with Gasteiger partial charge in [-0.2, -0.15) is 0 Å². The summed E-state index contributed by atoms with van der Waals surface area (Å²) in [5.41, 5.74) is 2.95.